The number of carbonyl (C=O) groups excluding carboxylic acids is 1. The molecule has 7 nitrogen and oxygen atoms in total. The van der Waals surface area contributed by atoms with Crippen LogP contribution in [0.4, 0.5) is 17.3 Å². The van der Waals surface area contributed by atoms with E-state index in [0.717, 1.165) is 11.3 Å². The van der Waals surface area contributed by atoms with E-state index >= 15 is 0 Å². The van der Waals surface area contributed by atoms with E-state index < -0.39 is 0 Å². The molecular formula is C19H19N5O2. The van der Waals surface area contributed by atoms with E-state index in [2.05, 4.69) is 25.6 Å². The molecule has 0 saturated carbocycles. The number of pyridine rings is 1. The summed E-state index contributed by atoms with van der Waals surface area (Å²) in [6, 6.07) is 12.8. The van der Waals surface area contributed by atoms with E-state index in [9.17, 15) is 4.79 Å². The normalized spacial score (nSPS) is 10.2. The maximum atomic E-state index is 11.7. The van der Waals surface area contributed by atoms with Gasteiger partial charge >= 0.3 is 5.97 Å². The van der Waals surface area contributed by atoms with Crippen molar-refractivity contribution in [1.82, 2.24) is 15.0 Å². The molecular weight excluding hydrogens is 330 g/mol. The van der Waals surface area contributed by atoms with Gasteiger partial charge in [0.15, 0.2) is 0 Å². The summed E-state index contributed by atoms with van der Waals surface area (Å²) < 4.78 is 4.75. The molecule has 0 aliphatic heterocycles. The van der Waals surface area contributed by atoms with Gasteiger partial charge in [0.1, 0.15) is 17.5 Å². The van der Waals surface area contributed by atoms with Gasteiger partial charge in [-0.2, -0.15) is 0 Å². The number of carbonyl (C=O) groups is 1. The standard InChI is InChI=1S/C19H19N5O2/c1-13-22-17(21-12-14-6-8-20-9-7-14)11-18(23-13)24-16-5-3-4-15(10-16)19(25)26-2/h3-11H,12H2,1-2H3,(H2,21,22,23,24). The van der Waals surface area contributed by atoms with Crippen molar-refractivity contribution in [2.75, 3.05) is 17.7 Å². The largest absolute Gasteiger partial charge is 0.465 e. The lowest BCUT2D eigenvalue weighted by molar-refractivity contribution is 0.0601. The molecule has 0 bridgehead atoms. The second kappa shape index (κ2) is 8.06. The van der Waals surface area contributed by atoms with Gasteiger partial charge in [-0.05, 0) is 42.8 Å². The summed E-state index contributed by atoms with van der Waals surface area (Å²) >= 11 is 0. The Bertz CT molecular complexity index is 899. The fraction of sp³-hybridized carbons (Fsp3) is 0.158. The summed E-state index contributed by atoms with van der Waals surface area (Å²) in [5.41, 5.74) is 2.32. The van der Waals surface area contributed by atoms with Crippen molar-refractivity contribution in [3.63, 3.8) is 0 Å². The van der Waals surface area contributed by atoms with Crippen molar-refractivity contribution in [2.24, 2.45) is 0 Å². The number of methoxy groups -OCH3 is 1. The number of benzene rings is 1. The monoisotopic (exact) mass is 349 g/mol. The number of esters is 1. The molecule has 0 amide bonds. The van der Waals surface area contributed by atoms with E-state index in [-0.39, 0.29) is 5.97 Å². The zero-order chi connectivity index (χ0) is 18.4. The van der Waals surface area contributed by atoms with Crippen molar-refractivity contribution >= 4 is 23.3 Å². The smallest absolute Gasteiger partial charge is 0.337 e. The van der Waals surface area contributed by atoms with Crippen LogP contribution in [-0.4, -0.2) is 28.0 Å². The number of ether oxygens (including phenoxy) is 1. The van der Waals surface area contributed by atoms with Crippen molar-refractivity contribution in [3.05, 3.63) is 71.8 Å². The molecule has 0 aliphatic rings. The van der Waals surface area contributed by atoms with Crippen LogP contribution in [0, 0.1) is 6.92 Å². The minimum absolute atomic E-state index is 0.382. The number of rotatable bonds is 6. The molecule has 1 aromatic carbocycles. The molecule has 0 saturated heterocycles. The van der Waals surface area contributed by atoms with Crippen LogP contribution >= 0.6 is 0 Å². The highest BCUT2D eigenvalue weighted by Gasteiger charge is 2.07. The third kappa shape index (κ3) is 4.54. The summed E-state index contributed by atoms with van der Waals surface area (Å²) in [6.07, 6.45) is 3.51. The third-order valence-electron chi connectivity index (χ3n) is 3.62. The molecule has 0 fully saturated rings. The highest BCUT2D eigenvalue weighted by atomic mass is 16.5. The molecule has 132 valence electrons. The van der Waals surface area contributed by atoms with Crippen LogP contribution in [0.25, 0.3) is 0 Å². The Morgan fingerprint density at radius 3 is 2.62 bits per heavy atom. The van der Waals surface area contributed by atoms with E-state index in [1.54, 1.807) is 30.6 Å². The Morgan fingerprint density at radius 1 is 1.08 bits per heavy atom. The number of nitrogens with one attached hydrogen (secondary N) is 2. The Hall–Kier alpha value is -3.48. The average molecular weight is 349 g/mol. The molecule has 0 radical (unpaired) electrons. The van der Waals surface area contributed by atoms with Crippen LogP contribution in [0.3, 0.4) is 0 Å². The van der Waals surface area contributed by atoms with Gasteiger partial charge < -0.3 is 15.4 Å². The predicted molar refractivity (Wildman–Crippen MR) is 99.4 cm³/mol. The first-order valence-electron chi connectivity index (χ1n) is 8.08. The fourth-order valence-electron chi connectivity index (χ4n) is 2.41. The minimum atomic E-state index is -0.382. The molecule has 2 heterocycles. The van der Waals surface area contributed by atoms with Crippen molar-refractivity contribution in [3.8, 4) is 0 Å². The third-order valence-corrected chi connectivity index (χ3v) is 3.62. The Labute approximate surface area is 151 Å². The first kappa shape index (κ1) is 17.3. The molecule has 3 rings (SSSR count). The Kier molecular flexibility index (Phi) is 5.38. The first-order valence-corrected chi connectivity index (χ1v) is 8.08. The van der Waals surface area contributed by atoms with Gasteiger partial charge in [0.25, 0.3) is 0 Å². The van der Waals surface area contributed by atoms with E-state index in [1.165, 1.54) is 7.11 Å². The van der Waals surface area contributed by atoms with E-state index in [1.807, 2.05) is 31.2 Å². The molecule has 0 aliphatic carbocycles. The lowest BCUT2D eigenvalue weighted by Crippen LogP contribution is -2.06. The maximum Gasteiger partial charge on any atom is 0.337 e. The molecule has 0 atom stereocenters. The number of hydrogen-bond acceptors (Lipinski definition) is 7. The summed E-state index contributed by atoms with van der Waals surface area (Å²) in [5, 5.41) is 6.47. The zero-order valence-corrected chi connectivity index (χ0v) is 14.6. The first-order chi connectivity index (χ1) is 12.6. The Balaban J connectivity index is 1.74. The average Bonchev–Trinajstić information content (AvgIpc) is 2.66. The molecule has 0 unspecified atom stereocenters. The lowest BCUT2D eigenvalue weighted by atomic mass is 10.2. The predicted octanol–water partition coefficient (Wildman–Crippen LogP) is 3.32. The number of aromatic nitrogens is 3. The molecule has 3 aromatic rings. The molecule has 26 heavy (non-hydrogen) atoms. The summed E-state index contributed by atoms with van der Waals surface area (Å²) in [7, 11) is 1.36. The van der Waals surface area contributed by atoms with Gasteiger partial charge in [-0.1, -0.05) is 6.07 Å². The molecule has 7 heteroatoms. The molecule has 2 aromatic heterocycles. The van der Waals surface area contributed by atoms with Gasteiger partial charge in [-0.3, -0.25) is 4.98 Å². The fourth-order valence-corrected chi connectivity index (χ4v) is 2.41. The molecule has 0 spiro atoms. The quantitative estimate of drug-likeness (QED) is 0.660. The highest BCUT2D eigenvalue weighted by molar-refractivity contribution is 5.90. The SMILES string of the molecule is COC(=O)c1cccc(Nc2cc(NCc3ccncc3)nc(C)n2)c1. The second-order valence-corrected chi connectivity index (χ2v) is 5.59. The summed E-state index contributed by atoms with van der Waals surface area (Å²) in [5.74, 6) is 1.60. The van der Waals surface area contributed by atoms with Gasteiger partial charge in [-0.15, -0.1) is 0 Å². The zero-order valence-electron chi connectivity index (χ0n) is 14.6. The highest BCUT2D eigenvalue weighted by Crippen LogP contribution is 2.19. The van der Waals surface area contributed by atoms with Crippen LogP contribution in [0.5, 0.6) is 0 Å². The number of nitrogens with zero attached hydrogens (tertiary/aromatic N) is 3. The Morgan fingerprint density at radius 2 is 1.85 bits per heavy atom. The minimum Gasteiger partial charge on any atom is -0.465 e. The van der Waals surface area contributed by atoms with Crippen LogP contribution in [0.2, 0.25) is 0 Å². The van der Waals surface area contributed by atoms with Crippen LogP contribution in [-0.2, 0) is 11.3 Å². The van der Waals surface area contributed by atoms with E-state index in [4.69, 9.17) is 4.74 Å². The van der Waals surface area contributed by atoms with Crippen molar-refractivity contribution in [2.45, 2.75) is 13.5 Å². The number of aryl methyl sites for hydroxylation is 1. The van der Waals surface area contributed by atoms with Crippen molar-refractivity contribution < 1.29 is 9.53 Å². The van der Waals surface area contributed by atoms with E-state index in [0.29, 0.717) is 29.6 Å². The van der Waals surface area contributed by atoms with Crippen molar-refractivity contribution in [1.29, 1.82) is 0 Å². The van der Waals surface area contributed by atoms with Gasteiger partial charge in [0.05, 0.1) is 12.7 Å². The summed E-state index contributed by atoms with van der Waals surface area (Å²) in [4.78, 5) is 24.4. The van der Waals surface area contributed by atoms with Gasteiger partial charge in [0.2, 0.25) is 0 Å². The van der Waals surface area contributed by atoms with Crippen LogP contribution in [0.15, 0.2) is 54.9 Å². The number of anilines is 3. The number of hydrogen-bond donors (Lipinski definition) is 2. The van der Waals surface area contributed by atoms with Crippen LogP contribution < -0.4 is 10.6 Å². The lowest BCUT2D eigenvalue weighted by Gasteiger charge is -2.11. The second-order valence-electron chi connectivity index (χ2n) is 5.59. The van der Waals surface area contributed by atoms with Gasteiger partial charge in [0, 0.05) is 30.7 Å². The topological polar surface area (TPSA) is 89.0 Å². The van der Waals surface area contributed by atoms with Crippen LogP contribution in [0.1, 0.15) is 21.7 Å². The maximum absolute atomic E-state index is 11.7. The summed E-state index contributed by atoms with van der Waals surface area (Å²) in [6.45, 7) is 2.46. The molecule has 2 N–H and O–H groups in total. The van der Waals surface area contributed by atoms with Gasteiger partial charge in [-0.25, -0.2) is 14.8 Å².